The number of halogens is 23. The number of rotatable bonds is 28. The zero-order valence-corrected chi connectivity index (χ0v) is 32.1. The second kappa shape index (κ2) is 20.2. The largest absolute Gasteiger partial charge is 0.456 e. The van der Waals surface area contributed by atoms with E-state index in [0.717, 1.165) is 0 Å². The van der Waals surface area contributed by atoms with Crippen LogP contribution in [0.4, 0.5) is 101 Å². The van der Waals surface area contributed by atoms with Crippen molar-refractivity contribution in [3.63, 3.8) is 0 Å². The molecule has 3 atom stereocenters. The molecule has 1 aliphatic rings. The van der Waals surface area contributed by atoms with Crippen LogP contribution in [0.5, 0.6) is 0 Å². The van der Waals surface area contributed by atoms with Gasteiger partial charge in [-0.3, -0.25) is 4.74 Å². The van der Waals surface area contributed by atoms with Crippen molar-refractivity contribution in [2.75, 3.05) is 46.2 Å². The van der Waals surface area contributed by atoms with Crippen LogP contribution in [-0.2, 0) is 52.3 Å². The molecule has 66 heavy (non-hydrogen) atoms. The van der Waals surface area contributed by atoms with E-state index in [-0.39, 0.29) is 18.2 Å². The molecular formula is C32H29F23O11. The summed E-state index contributed by atoms with van der Waals surface area (Å²) in [7, 11) is 0. The third-order valence-electron chi connectivity index (χ3n) is 8.17. The molecule has 0 amide bonds. The second-order valence-corrected chi connectivity index (χ2v) is 13.0. The standard InChI is InChI=1S/C32H29F23O11/c1-4-17(56)60-13-22(36,37)28(46,47)63-11-7-10-59-12-20(33)8-9-21(34,35)26(43,27(20,44)45)32(54,55)66-31(52,53)25(42,65-30(50,51)24(40,41)15-62-19(58)6-3)16-64-29(48,49)23(38,39)14-61-18(57)5-2/h4-6H,1-3,7-16H2. The van der Waals surface area contributed by atoms with Crippen LogP contribution in [0.15, 0.2) is 38.0 Å². The lowest BCUT2D eigenvalue weighted by molar-refractivity contribution is -0.534. The molecular weight excluding hydrogens is 997 g/mol. The Morgan fingerprint density at radius 3 is 1.30 bits per heavy atom. The van der Waals surface area contributed by atoms with Gasteiger partial charge >= 0.3 is 83.7 Å². The van der Waals surface area contributed by atoms with E-state index in [4.69, 9.17) is 0 Å². The van der Waals surface area contributed by atoms with Crippen LogP contribution in [-0.4, -0.2) is 142 Å². The van der Waals surface area contributed by atoms with Crippen LogP contribution in [0, 0.1) is 0 Å². The van der Waals surface area contributed by atoms with E-state index >= 15 is 39.5 Å². The average Bonchev–Trinajstić information content (AvgIpc) is 3.18. The van der Waals surface area contributed by atoms with E-state index in [1.54, 1.807) is 0 Å². The van der Waals surface area contributed by atoms with Gasteiger partial charge in [0.2, 0.25) is 5.67 Å². The molecule has 34 heteroatoms. The van der Waals surface area contributed by atoms with Crippen molar-refractivity contribution < 1.29 is 153 Å². The van der Waals surface area contributed by atoms with Crippen molar-refractivity contribution in [1.82, 2.24) is 0 Å². The molecule has 384 valence electrons. The Kier molecular flexibility index (Phi) is 18.3. The third kappa shape index (κ3) is 12.5. The van der Waals surface area contributed by atoms with Gasteiger partial charge in [0.05, 0.1) is 13.2 Å². The Bertz CT molecular complexity index is 1750. The van der Waals surface area contributed by atoms with Crippen LogP contribution in [0.1, 0.15) is 19.3 Å². The van der Waals surface area contributed by atoms with Gasteiger partial charge in [-0.15, -0.1) is 0 Å². The zero-order valence-electron chi connectivity index (χ0n) is 32.1. The smallest absolute Gasteiger partial charge is 0.425 e. The first kappa shape index (κ1) is 59.8. The van der Waals surface area contributed by atoms with Crippen molar-refractivity contribution in [3.05, 3.63) is 38.0 Å². The summed E-state index contributed by atoms with van der Waals surface area (Å²) in [6.07, 6.45) is -42.2. The first-order valence-electron chi connectivity index (χ1n) is 16.9. The van der Waals surface area contributed by atoms with Crippen molar-refractivity contribution >= 4 is 17.9 Å². The summed E-state index contributed by atoms with van der Waals surface area (Å²) in [6.45, 7) is -10.7. The van der Waals surface area contributed by atoms with Crippen LogP contribution in [0.25, 0.3) is 0 Å². The molecule has 0 aromatic carbocycles. The molecule has 0 heterocycles. The van der Waals surface area contributed by atoms with E-state index in [9.17, 15) is 75.8 Å². The van der Waals surface area contributed by atoms with Gasteiger partial charge in [-0.1, -0.05) is 19.7 Å². The summed E-state index contributed by atoms with van der Waals surface area (Å²) < 4.78 is 363. The maximum Gasteiger partial charge on any atom is 0.425 e. The molecule has 0 saturated heterocycles. The van der Waals surface area contributed by atoms with Crippen molar-refractivity contribution in [2.24, 2.45) is 0 Å². The maximum absolute atomic E-state index is 15.8. The topological polar surface area (TPSA) is 125 Å². The predicted octanol–water partition coefficient (Wildman–Crippen LogP) is 8.66. The molecule has 0 spiro atoms. The van der Waals surface area contributed by atoms with Gasteiger partial charge in [0.25, 0.3) is 5.92 Å². The van der Waals surface area contributed by atoms with Gasteiger partial charge in [-0.05, 0) is 12.8 Å². The highest BCUT2D eigenvalue weighted by molar-refractivity contribution is 5.81. The van der Waals surface area contributed by atoms with E-state index in [1.165, 1.54) is 0 Å². The van der Waals surface area contributed by atoms with E-state index in [2.05, 4.69) is 52.9 Å². The van der Waals surface area contributed by atoms with E-state index in [0.29, 0.717) is 0 Å². The fraction of sp³-hybridized carbons (Fsp3) is 0.719. The minimum Gasteiger partial charge on any atom is -0.456 e. The van der Waals surface area contributed by atoms with Crippen molar-refractivity contribution in [1.29, 1.82) is 0 Å². The van der Waals surface area contributed by atoms with Gasteiger partial charge in [0.1, 0.15) is 6.61 Å². The fourth-order valence-corrected chi connectivity index (χ4v) is 4.44. The molecule has 0 aliphatic heterocycles. The number of hydrogen-bond acceptors (Lipinski definition) is 11. The molecule has 3 unspecified atom stereocenters. The van der Waals surface area contributed by atoms with Crippen molar-refractivity contribution in [3.8, 4) is 0 Å². The van der Waals surface area contributed by atoms with Crippen LogP contribution < -0.4 is 0 Å². The summed E-state index contributed by atoms with van der Waals surface area (Å²) in [5, 5.41) is 0. The Hall–Kier alpha value is -4.18. The SMILES string of the molecule is C=CC(=O)OCC(F)(F)C(F)(F)OCCCOCC1(F)CCC(F)(F)C(F)(C(F)(F)OC(F)(F)C(F)(COC(F)(F)C(F)(F)COC(=O)C=C)OC(F)(F)C(F)(F)COC(=O)C=C)C1(F)F. The van der Waals surface area contributed by atoms with Gasteiger partial charge in [0.15, 0.2) is 19.8 Å². The van der Waals surface area contributed by atoms with Gasteiger partial charge < -0.3 is 28.4 Å². The molecule has 0 aromatic heterocycles. The number of carbonyl (C=O) groups is 3. The molecule has 0 aromatic rings. The fourth-order valence-electron chi connectivity index (χ4n) is 4.44. The second-order valence-electron chi connectivity index (χ2n) is 13.0. The minimum atomic E-state index is -8.07. The Balaban J connectivity index is 3.62. The van der Waals surface area contributed by atoms with Gasteiger partial charge in [0, 0.05) is 31.3 Å². The molecule has 1 aliphatic carbocycles. The van der Waals surface area contributed by atoms with Gasteiger partial charge in [-0.2, -0.15) is 83.4 Å². The first-order valence-corrected chi connectivity index (χ1v) is 16.9. The minimum absolute atomic E-state index is 0.00588. The Labute approximate surface area is 352 Å². The Morgan fingerprint density at radius 2 is 0.894 bits per heavy atom. The highest BCUT2D eigenvalue weighted by Gasteiger charge is 2.91. The van der Waals surface area contributed by atoms with E-state index < -0.39 is 161 Å². The molecule has 0 radical (unpaired) electrons. The highest BCUT2D eigenvalue weighted by atomic mass is 19.4. The summed E-state index contributed by atoms with van der Waals surface area (Å²) in [5.74, 6) is -45.1. The summed E-state index contributed by atoms with van der Waals surface area (Å²) >= 11 is 0. The highest BCUT2D eigenvalue weighted by Crippen LogP contribution is 2.65. The number of ether oxygens (including phenoxy) is 8. The zero-order chi connectivity index (χ0) is 52.1. The molecule has 0 bridgehead atoms. The summed E-state index contributed by atoms with van der Waals surface area (Å²) in [6, 6.07) is 0. The summed E-state index contributed by atoms with van der Waals surface area (Å²) in [4.78, 5) is 32.8. The first-order chi connectivity index (χ1) is 29.4. The lowest BCUT2D eigenvalue weighted by atomic mass is 9.70. The molecule has 0 N–H and O–H groups in total. The number of esters is 3. The Morgan fingerprint density at radius 1 is 0.500 bits per heavy atom. The number of carbonyl (C=O) groups excluding carboxylic acids is 3. The quantitative estimate of drug-likeness (QED) is 0.0246. The van der Waals surface area contributed by atoms with E-state index in [1.807, 2.05) is 4.74 Å². The number of hydrogen-bond donors (Lipinski definition) is 0. The normalized spacial score (nSPS) is 21.9. The third-order valence-corrected chi connectivity index (χ3v) is 8.17. The predicted molar refractivity (Wildman–Crippen MR) is 163 cm³/mol. The molecule has 1 rings (SSSR count). The molecule has 1 fully saturated rings. The van der Waals surface area contributed by atoms with Crippen LogP contribution in [0.2, 0.25) is 0 Å². The van der Waals surface area contributed by atoms with Crippen molar-refractivity contribution in [2.45, 2.75) is 96.6 Å². The van der Waals surface area contributed by atoms with Crippen LogP contribution in [0.3, 0.4) is 0 Å². The average molecular weight is 1030 g/mol. The number of alkyl halides is 23. The lowest BCUT2D eigenvalue weighted by Crippen LogP contribution is -2.78. The monoisotopic (exact) mass is 1030 g/mol. The summed E-state index contributed by atoms with van der Waals surface area (Å²) in [5.41, 5.74) is -13.1. The van der Waals surface area contributed by atoms with Crippen LogP contribution >= 0.6 is 0 Å². The maximum atomic E-state index is 15.8. The molecule has 11 nitrogen and oxygen atoms in total. The van der Waals surface area contributed by atoms with Gasteiger partial charge in [-0.25, -0.2) is 36.7 Å². The molecule has 1 saturated carbocycles. The lowest BCUT2D eigenvalue weighted by Gasteiger charge is -2.51.